The van der Waals surface area contributed by atoms with Crippen molar-refractivity contribution in [3.8, 4) is 0 Å². The first-order valence-electron chi connectivity index (χ1n) is 4.22. The van der Waals surface area contributed by atoms with Gasteiger partial charge in [-0.25, -0.2) is 9.78 Å². The fourth-order valence-corrected chi connectivity index (χ4v) is 1.16. The third-order valence-electron chi connectivity index (χ3n) is 1.64. The minimum absolute atomic E-state index is 0.115. The molecule has 1 heterocycles. The van der Waals surface area contributed by atoms with Crippen LogP contribution in [0.5, 0.6) is 0 Å². The van der Waals surface area contributed by atoms with E-state index >= 15 is 0 Å². The van der Waals surface area contributed by atoms with Crippen LogP contribution < -0.4 is 0 Å². The quantitative estimate of drug-likeness (QED) is 0.378. The Kier molecular flexibility index (Phi) is 4.32. The monoisotopic (exact) mass is 238 g/mol. The first kappa shape index (κ1) is 12.0. The van der Waals surface area contributed by atoms with E-state index in [1.54, 1.807) is 0 Å². The molecule has 0 bridgehead atoms. The number of aromatic nitrogens is 1. The van der Waals surface area contributed by atoms with E-state index in [2.05, 4.69) is 15.0 Å². The van der Waals surface area contributed by atoms with Gasteiger partial charge < -0.3 is 5.11 Å². The molecule has 0 aromatic carbocycles. The molecule has 1 aromatic rings. The van der Waals surface area contributed by atoms with Gasteiger partial charge in [-0.2, -0.15) is 0 Å². The first-order valence-corrected chi connectivity index (χ1v) is 4.60. The molecule has 7 heteroatoms. The van der Waals surface area contributed by atoms with Crippen LogP contribution in [-0.2, 0) is 0 Å². The Bertz CT molecular complexity index is 480. The van der Waals surface area contributed by atoms with Crippen molar-refractivity contribution in [1.82, 2.24) is 4.98 Å². The summed E-state index contributed by atoms with van der Waals surface area (Å²) in [6.07, 6.45) is 3.05. The molecular formula is C9H7ClN4O2. The minimum atomic E-state index is -1.16. The van der Waals surface area contributed by atoms with E-state index in [-0.39, 0.29) is 17.4 Å². The molecule has 16 heavy (non-hydrogen) atoms. The van der Waals surface area contributed by atoms with E-state index in [0.29, 0.717) is 5.56 Å². The topological polar surface area (TPSA) is 99.0 Å². The second-order valence-corrected chi connectivity index (χ2v) is 3.08. The maximum atomic E-state index is 10.8. The highest BCUT2D eigenvalue weighted by Gasteiger charge is 2.09. The molecule has 0 unspecified atom stereocenters. The number of hydrogen-bond donors (Lipinski definition) is 1. The molecule has 0 saturated heterocycles. The number of pyridine rings is 1. The average molecular weight is 239 g/mol. The van der Waals surface area contributed by atoms with Gasteiger partial charge in [-0.1, -0.05) is 28.9 Å². The lowest BCUT2D eigenvalue weighted by Crippen LogP contribution is -2.03. The summed E-state index contributed by atoms with van der Waals surface area (Å²) in [5.41, 5.74) is 8.32. The molecule has 1 rings (SSSR count). The Morgan fingerprint density at radius 2 is 2.44 bits per heavy atom. The lowest BCUT2D eigenvalue weighted by Gasteiger charge is -1.99. The third-order valence-corrected chi connectivity index (χ3v) is 1.85. The van der Waals surface area contributed by atoms with Gasteiger partial charge in [0, 0.05) is 17.0 Å². The van der Waals surface area contributed by atoms with Gasteiger partial charge >= 0.3 is 5.97 Å². The van der Waals surface area contributed by atoms with Crippen LogP contribution in [0.4, 0.5) is 0 Å². The van der Waals surface area contributed by atoms with Gasteiger partial charge in [0.2, 0.25) is 0 Å². The molecule has 0 fully saturated rings. The van der Waals surface area contributed by atoms with Crippen LogP contribution in [0.1, 0.15) is 16.1 Å². The molecule has 0 atom stereocenters. The van der Waals surface area contributed by atoms with Crippen LogP contribution in [0.25, 0.3) is 16.5 Å². The van der Waals surface area contributed by atoms with E-state index in [4.69, 9.17) is 22.2 Å². The maximum absolute atomic E-state index is 10.8. The lowest BCUT2D eigenvalue weighted by molar-refractivity contribution is 0.0690. The second-order valence-electron chi connectivity index (χ2n) is 2.69. The average Bonchev–Trinajstić information content (AvgIpc) is 2.26. The van der Waals surface area contributed by atoms with Crippen molar-refractivity contribution in [3.05, 3.63) is 45.1 Å². The highest BCUT2D eigenvalue weighted by molar-refractivity contribution is 6.29. The molecule has 1 N–H and O–H groups in total. The van der Waals surface area contributed by atoms with Gasteiger partial charge in [0.15, 0.2) is 5.69 Å². The van der Waals surface area contributed by atoms with E-state index in [9.17, 15) is 4.79 Å². The summed E-state index contributed by atoms with van der Waals surface area (Å²) in [4.78, 5) is 17.1. The van der Waals surface area contributed by atoms with Crippen molar-refractivity contribution in [3.63, 3.8) is 0 Å². The molecule has 0 aliphatic heterocycles. The van der Waals surface area contributed by atoms with Crippen LogP contribution >= 0.6 is 11.6 Å². The van der Waals surface area contributed by atoms with E-state index in [1.165, 1.54) is 24.3 Å². The predicted molar refractivity (Wildman–Crippen MR) is 59.3 cm³/mol. The molecule has 0 aliphatic carbocycles. The third kappa shape index (κ3) is 3.27. The summed E-state index contributed by atoms with van der Waals surface area (Å²) in [6.45, 7) is 0.151. The lowest BCUT2D eigenvalue weighted by atomic mass is 10.2. The normalized spacial score (nSPS) is 10.1. The van der Waals surface area contributed by atoms with Crippen LogP contribution in [-0.4, -0.2) is 22.6 Å². The zero-order chi connectivity index (χ0) is 12.0. The summed E-state index contributed by atoms with van der Waals surface area (Å²) in [5, 5.41) is 12.2. The summed E-state index contributed by atoms with van der Waals surface area (Å²) >= 11 is 5.58. The Morgan fingerprint density at radius 1 is 1.69 bits per heavy atom. The van der Waals surface area contributed by atoms with Gasteiger partial charge in [-0.05, 0) is 17.7 Å². The van der Waals surface area contributed by atoms with Gasteiger partial charge in [-0.3, -0.25) is 0 Å². The number of carboxylic acids is 1. The Morgan fingerprint density at radius 3 is 3.06 bits per heavy atom. The van der Waals surface area contributed by atoms with E-state index < -0.39 is 5.97 Å². The molecule has 1 aromatic heterocycles. The van der Waals surface area contributed by atoms with Crippen molar-refractivity contribution < 1.29 is 9.90 Å². The SMILES string of the molecule is [N-]=[N+]=NCC=Cc1ccc(Cl)nc1C(=O)O. The van der Waals surface area contributed by atoms with Crippen molar-refractivity contribution in [2.24, 2.45) is 5.11 Å². The predicted octanol–water partition coefficient (Wildman–Crippen LogP) is 2.76. The van der Waals surface area contributed by atoms with Gasteiger partial charge in [0.05, 0.1) is 0 Å². The number of rotatable bonds is 4. The van der Waals surface area contributed by atoms with Gasteiger partial charge in [0.1, 0.15) is 5.15 Å². The smallest absolute Gasteiger partial charge is 0.355 e. The highest BCUT2D eigenvalue weighted by Crippen LogP contribution is 2.13. The van der Waals surface area contributed by atoms with Crippen molar-refractivity contribution in [2.75, 3.05) is 6.54 Å². The number of hydrogen-bond acceptors (Lipinski definition) is 3. The standard InChI is InChI=1S/C9H7ClN4O2/c10-7-4-3-6(2-1-5-12-14-11)8(13-7)9(15)16/h1-4H,5H2,(H,15,16). The van der Waals surface area contributed by atoms with Crippen LogP contribution in [0.2, 0.25) is 5.15 Å². The first-order chi connectivity index (χ1) is 7.65. The molecule has 0 aliphatic rings. The number of carboxylic acid groups (broad SMARTS) is 1. The minimum Gasteiger partial charge on any atom is -0.476 e. The number of nitrogens with zero attached hydrogens (tertiary/aromatic N) is 4. The number of halogens is 1. The number of azide groups is 1. The number of aromatic carboxylic acids is 1. The van der Waals surface area contributed by atoms with Crippen LogP contribution in [0.3, 0.4) is 0 Å². The Hall–Kier alpha value is -2.04. The van der Waals surface area contributed by atoms with Crippen molar-refractivity contribution in [1.29, 1.82) is 0 Å². The van der Waals surface area contributed by atoms with Crippen LogP contribution in [0, 0.1) is 0 Å². The summed E-state index contributed by atoms with van der Waals surface area (Å²) in [6, 6.07) is 3.02. The largest absolute Gasteiger partial charge is 0.476 e. The van der Waals surface area contributed by atoms with E-state index in [1.807, 2.05) is 0 Å². The maximum Gasteiger partial charge on any atom is 0.355 e. The van der Waals surface area contributed by atoms with Crippen LogP contribution in [0.15, 0.2) is 23.3 Å². The Labute approximate surface area is 95.8 Å². The highest BCUT2D eigenvalue weighted by atomic mass is 35.5. The van der Waals surface area contributed by atoms with Crippen molar-refractivity contribution in [2.45, 2.75) is 0 Å². The molecule has 0 saturated carbocycles. The fraction of sp³-hybridized carbons (Fsp3) is 0.111. The fourth-order valence-electron chi connectivity index (χ4n) is 1.02. The second kappa shape index (κ2) is 5.75. The zero-order valence-corrected chi connectivity index (χ0v) is 8.79. The van der Waals surface area contributed by atoms with Gasteiger partial charge in [0.25, 0.3) is 0 Å². The molecule has 0 radical (unpaired) electrons. The molecular weight excluding hydrogens is 232 g/mol. The zero-order valence-electron chi connectivity index (χ0n) is 8.04. The number of carbonyl (C=O) groups is 1. The van der Waals surface area contributed by atoms with E-state index in [0.717, 1.165) is 0 Å². The Balaban J connectivity index is 2.99. The molecule has 0 amide bonds. The molecule has 6 nitrogen and oxygen atoms in total. The summed E-state index contributed by atoms with van der Waals surface area (Å²) in [7, 11) is 0. The van der Waals surface area contributed by atoms with Gasteiger partial charge in [-0.15, -0.1) is 0 Å². The molecule has 82 valence electrons. The molecule has 0 spiro atoms. The summed E-state index contributed by atoms with van der Waals surface area (Å²) < 4.78 is 0. The van der Waals surface area contributed by atoms with Crippen molar-refractivity contribution >= 4 is 23.6 Å². The summed E-state index contributed by atoms with van der Waals surface area (Å²) in [5.74, 6) is -1.16.